The first-order valence-corrected chi connectivity index (χ1v) is 8.97. The number of esters is 1. The van der Waals surface area contributed by atoms with E-state index in [9.17, 15) is 4.79 Å². The van der Waals surface area contributed by atoms with E-state index in [2.05, 4.69) is 23.6 Å². The maximum atomic E-state index is 12.9. The number of rotatable bonds is 6. The van der Waals surface area contributed by atoms with Gasteiger partial charge >= 0.3 is 5.97 Å². The molecule has 0 aliphatic carbocycles. The molecule has 0 saturated carbocycles. The van der Waals surface area contributed by atoms with Crippen molar-refractivity contribution < 1.29 is 19.0 Å². The first-order valence-electron chi connectivity index (χ1n) is 8.97. The molecule has 0 radical (unpaired) electrons. The van der Waals surface area contributed by atoms with Crippen LogP contribution in [0.5, 0.6) is 11.5 Å². The Kier molecular flexibility index (Phi) is 5.81. The van der Waals surface area contributed by atoms with Crippen LogP contribution in [0.4, 0.5) is 0 Å². The molecule has 0 amide bonds. The summed E-state index contributed by atoms with van der Waals surface area (Å²) in [7, 11) is 3.17. The van der Waals surface area contributed by atoms with Gasteiger partial charge in [-0.2, -0.15) is 0 Å². The van der Waals surface area contributed by atoms with Gasteiger partial charge in [0.2, 0.25) is 0 Å². The van der Waals surface area contributed by atoms with Crippen LogP contribution in [0, 0.1) is 0 Å². The summed E-state index contributed by atoms with van der Waals surface area (Å²) in [5.74, 6) is 0.926. The zero-order valence-corrected chi connectivity index (χ0v) is 16.0. The molecule has 5 heteroatoms. The minimum atomic E-state index is -0.546. The highest BCUT2D eigenvalue weighted by atomic mass is 16.5. The molecule has 5 nitrogen and oxygen atoms in total. The van der Waals surface area contributed by atoms with Crippen molar-refractivity contribution in [3.63, 3.8) is 0 Å². The topological polar surface area (TPSA) is 48.0 Å². The minimum absolute atomic E-state index is 0.281. The average molecular weight is 367 g/mol. The molecule has 1 unspecified atom stereocenters. The monoisotopic (exact) mass is 367 g/mol. The van der Waals surface area contributed by atoms with Crippen molar-refractivity contribution in [2.75, 3.05) is 27.4 Å². The first kappa shape index (κ1) is 19.0. The third kappa shape index (κ3) is 3.83. The van der Waals surface area contributed by atoms with Crippen LogP contribution in [0.1, 0.15) is 29.7 Å². The molecule has 3 rings (SSSR count). The van der Waals surface area contributed by atoms with E-state index < -0.39 is 6.04 Å². The molecule has 0 spiro atoms. The lowest BCUT2D eigenvalue weighted by Crippen LogP contribution is -2.38. The van der Waals surface area contributed by atoms with Crippen molar-refractivity contribution in [3.8, 4) is 11.5 Å². The minimum Gasteiger partial charge on any atom is -0.493 e. The lowest BCUT2D eigenvalue weighted by Gasteiger charge is -2.35. The van der Waals surface area contributed by atoms with Crippen molar-refractivity contribution in [1.29, 1.82) is 0 Å². The summed E-state index contributed by atoms with van der Waals surface area (Å²) in [5, 5.41) is 0. The Balaban J connectivity index is 2.00. The molecular weight excluding hydrogens is 342 g/mol. The lowest BCUT2D eigenvalue weighted by atomic mass is 9.93. The van der Waals surface area contributed by atoms with E-state index in [1.165, 1.54) is 0 Å². The quantitative estimate of drug-likeness (QED) is 0.726. The van der Waals surface area contributed by atoms with Crippen molar-refractivity contribution >= 4 is 11.5 Å². The zero-order chi connectivity index (χ0) is 19.4. The SMILES string of the molecule is C=C1CN(C(C(=O)OCC)c2ccc(OC)c(OC)c2)Cc2ccccc21. The van der Waals surface area contributed by atoms with Gasteiger partial charge in [-0.3, -0.25) is 4.90 Å². The van der Waals surface area contributed by atoms with Gasteiger partial charge in [0.05, 0.1) is 20.8 Å². The summed E-state index contributed by atoms with van der Waals surface area (Å²) in [4.78, 5) is 14.9. The number of ether oxygens (including phenoxy) is 3. The van der Waals surface area contributed by atoms with Crippen molar-refractivity contribution in [1.82, 2.24) is 4.90 Å². The molecule has 1 aliphatic rings. The van der Waals surface area contributed by atoms with Gasteiger partial charge in [0.1, 0.15) is 6.04 Å². The normalized spacial score (nSPS) is 15.0. The second kappa shape index (κ2) is 8.27. The van der Waals surface area contributed by atoms with Gasteiger partial charge in [-0.25, -0.2) is 4.79 Å². The summed E-state index contributed by atoms with van der Waals surface area (Å²) in [6, 6.07) is 13.1. The highest BCUT2D eigenvalue weighted by Crippen LogP contribution is 2.36. The van der Waals surface area contributed by atoms with Crippen LogP contribution in [0.3, 0.4) is 0 Å². The third-order valence-corrected chi connectivity index (χ3v) is 4.76. The third-order valence-electron chi connectivity index (χ3n) is 4.76. The summed E-state index contributed by atoms with van der Waals surface area (Å²) in [6.45, 7) is 7.59. The molecule has 0 aromatic heterocycles. The van der Waals surface area contributed by atoms with Gasteiger partial charge in [-0.15, -0.1) is 0 Å². The van der Waals surface area contributed by atoms with Crippen LogP contribution < -0.4 is 9.47 Å². The van der Waals surface area contributed by atoms with E-state index in [4.69, 9.17) is 14.2 Å². The Labute approximate surface area is 160 Å². The molecule has 1 heterocycles. The van der Waals surface area contributed by atoms with E-state index >= 15 is 0 Å². The average Bonchev–Trinajstić information content (AvgIpc) is 2.68. The molecule has 0 saturated heterocycles. The zero-order valence-electron chi connectivity index (χ0n) is 16.0. The number of hydrogen-bond donors (Lipinski definition) is 0. The predicted molar refractivity (Wildman–Crippen MR) is 105 cm³/mol. The fraction of sp³-hybridized carbons (Fsp3) is 0.318. The van der Waals surface area contributed by atoms with Gasteiger partial charge in [-0.05, 0) is 41.3 Å². The van der Waals surface area contributed by atoms with Gasteiger partial charge in [0.15, 0.2) is 11.5 Å². The maximum absolute atomic E-state index is 12.9. The summed E-state index contributed by atoms with van der Waals surface area (Å²) >= 11 is 0. The van der Waals surface area contributed by atoms with Crippen LogP contribution in [0.25, 0.3) is 5.57 Å². The number of carbonyl (C=O) groups excluding carboxylic acids is 1. The van der Waals surface area contributed by atoms with E-state index in [1.807, 2.05) is 37.3 Å². The molecule has 0 fully saturated rings. The molecule has 27 heavy (non-hydrogen) atoms. The molecule has 0 N–H and O–H groups in total. The van der Waals surface area contributed by atoms with Crippen molar-refractivity contribution in [2.24, 2.45) is 0 Å². The Hall–Kier alpha value is -2.79. The van der Waals surface area contributed by atoms with Gasteiger partial charge in [0.25, 0.3) is 0 Å². The molecule has 1 atom stereocenters. The Bertz CT molecular complexity index is 846. The van der Waals surface area contributed by atoms with Gasteiger partial charge < -0.3 is 14.2 Å². The molecular formula is C22H25NO4. The second-order valence-electron chi connectivity index (χ2n) is 6.43. The molecule has 142 valence electrons. The van der Waals surface area contributed by atoms with Crippen LogP contribution in [0.15, 0.2) is 49.0 Å². The van der Waals surface area contributed by atoms with Crippen LogP contribution in [0.2, 0.25) is 0 Å². The summed E-state index contributed by atoms with van der Waals surface area (Å²) in [6.07, 6.45) is 0. The standard InChI is InChI=1S/C22H25NO4/c1-5-27-22(24)21(16-10-11-19(25-3)20(12-16)26-4)23-13-15(2)18-9-7-6-8-17(18)14-23/h6-12,21H,2,5,13-14H2,1,3-4H3. The van der Waals surface area contributed by atoms with E-state index in [0.717, 1.165) is 22.3 Å². The molecule has 1 aliphatic heterocycles. The van der Waals surface area contributed by atoms with Crippen LogP contribution in [-0.4, -0.2) is 38.2 Å². The molecule has 2 aromatic carbocycles. The number of carbonyl (C=O) groups is 1. The maximum Gasteiger partial charge on any atom is 0.328 e. The van der Waals surface area contributed by atoms with Crippen LogP contribution in [-0.2, 0) is 16.1 Å². The van der Waals surface area contributed by atoms with Gasteiger partial charge in [-0.1, -0.05) is 36.9 Å². The highest BCUT2D eigenvalue weighted by Gasteiger charge is 2.33. The Morgan fingerprint density at radius 3 is 2.56 bits per heavy atom. The number of benzene rings is 2. The second-order valence-corrected chi connectivity index (χ2v) is 6.43. The summed E-state index contributed by atoms with van der Waals surface area (Å²) in [5.41, 5.74) is 4.11. The highest BCUT2D eigenvalue weighted by molar-refractivity contribution is 5.79. The van der Waals surface area contributed by atoms with E-state index in [1.54, 1.807) is 14.2 Å². The predicted octanol–water partition coefficient (Wildman–Crippen LogP) is 3.84. The lowest BCUT2D eigenvalue weighted by molar-refractivity contribution is -0.150. The largest absolute Gasteiger partial charge is 0.493 e. The Morgan fingerprint density at radius 2 is 1.85 bits per heavy atom. The van der Waals surface area contributed by atoms with E-state index in [0.29, 0.717) is 31.2 Å². The van der Waals surface area contributed by atoms with Crippen LogP contribution >= 0.6 is 0 Å². The number of nitrogens with zero attached hydrogens (tertiary/aromatic N) is 1. The van der Waals surface area contributed by atoms with Crippen molar-refractivity contribution in [2.45, 2.75) is 19.5 Å². The molecule has 0 bridgehead atoms. The number of hydrogen-bond acceptors (Lipinski definition) is 5. The van der Waals surface area contributed by atoms with Gasteiger partial charge in [0, 0.05) is 13.1 Å². The smallest absolute Gasteiger partial charge is 0.328 e. The summed E-state index contributed by atoms with van der Waals surface area (Å²) < 4.78 is 16.1. The van der Waals surface area contributed by atoms with Crippen molar-refractivity contribution in [3.05, 3.63) is 65.7 Å². The molecule has 2 aromatic rings. The fourth-order valence-electron chi connectivity index (χ4n) is 3.53. The van der Waals surface area contributed by atoms with E-state index in [-0.39, 0.29) is 5.97 Å². The first-order chi connectivity index (χ1) is 13.1. The fourth-order valence-corrected chi connectivity index (χ4v) is 3.53. The number of methoxy groups -OCH3 is 2. The number of fused-ring (bicyclic) bond motifs is 1. The Morgan fingerprint density at radius 1 is 1.11 bits per heavy atom.